The van der Waals surface area contributed by atoms with Crippen molar-refractivity contribution in [1.82, 2.24) is 10.2 Å². The van der Waals surface area contributed by atoms with Crippen molar-refractivity contribution in [3.05, 3.63) is 33.8 Å². The molecule has 1 aromatic rings. The summed E-state index contributed by atoms with van der Waals surface area (Å²) >= 11 is 12.4. The van der Waals surface area contributed by atoms with Gasteiger partial charge in [-0.25, -0.2) is 0 Å². The number of benzene rings is 1. The number of methoxy groups -OCH3 is 1. The summed E-state index contributed by atoms with van der Waals surface area (Å²) in [5.74, 6) is 0. The zero-order valence-electron chi connectivity index (χ0n) is 13.3. The molecule has 1 N–H and O–H groups in total. The maximum absolute atomic E-state index is 6.32. The Morgan fingerprint density at radius 2 is 1.95 bits per heavy atom. The number of nitrogens with one attached hydrogen (secondary N) is 1. The van der Waals surface area contributed by atoms with Crippen LogP contribution in [0.15, 0.2) is 18.2 Å². The van der Waals surface area contributed by atoms with Gasteiger partial charge in [-0.15, -0.1) is 0 Å². The topological polar surface area (TPSA) is 24.5 Å². The third-order valence-electron chi connectivity index (χ3n) is 3.72. The van der Waals surface area contributed by atoms with Crippen LogP contribution in [-0.2, 0) is 4.74 Å². The molecule has 1 unspecified atom stereocenters. The smallest absolute Gasteiger partial charge is 0.0640 e. The van der Waals surface area contributed by atoms with E-state index in [-0.39, 0.29) is 6.04 Å². The molecule has 0 aromatic heterocycles. The minimum absolute atomic E-state index is 0.194. The molecule has 5 heteroatoms. The molecule has 0 heterocycles. The van der Waals surface area contributed by atoms with Crippen molar-refractivity contribution in [1.29, 1.82) is 0 Å². The van der Waals surface area contributed by atoms with E-state index in [0.29, 0.717) is 16.1 Å². The molecular formula is C16H26Cl2N2O. The van der Waals surface area contributed by atoms with Gasteiger partial charge in [0.15, 0.2) is 0 Å². The molecule has 0 aliphatic carbocycles. The van der Waals surface area contributed by atoms with Gasteiger partial charge in [-0.3, -0.25) is 4.90 Å². The average Bonchev–Trinajstić information content (AvgIpc) is 2.46. The highest BCUT2D eigenvalue weighted by Gasteiger charge is 2.17. The van der Waals surface area contributed by atoms with Crippen molar-refractivity contribution < 1.29 is 4.74 Å². The molecule has 21 heavy (non-hydrogen) atoms. The van der Waals surface area contributed by atoms with Gasteiger partial charge >= 0.3 is 0 Å². The standard InChI is InChI=1S/C16H26Cl2N2O/c1-12(2)20(10-11-21-4)9-8-15(19-3)13-6-5-7-14(17)16(13)18/h5-7,12,15,19H,8-11H2,1-4H3. The normalized spacial score (nSPS) is 13.1. The molecule has 0 fully saturated rings. The summed E-state index contributed by atoms with van der Waals surface area (Å²) in [6, 6.07) is 6.48. The lowest BCUT2D eigenvalue weighted by molar-refractivity contribution is 0.126. The minimum Gasteiger partial charge on any atom is -0.383 e. The van der Waals surface area contributed by atoms with Crippen LogP contribution in [0.5, 0.6) is 0 Å². The summed E-state index contributed by atoms with van der Waals surface area (Å²) in [6.45, 7) is 7.08. The third kappa shape index (κ3) is 5.76. The number of hydrogen-bond acceptors (Lipinski definition) is 3. The molecule has 0 amide bonds. The van der Waals surface area contributed by atoms with Crippen LogP contribution in [0, 0.1) is 0 Å². The molecule has 1 aromatic carbocycles. The van der Waals surface area contributed by atoms with Gasteiger partial charge in [0.2, 0.25) is 0 Å². The quantitative estimate of drug-likeness (QED) is 0.739. The van der Waals surface area contributed by atoms with E-state index in [1.165, 1.54) is 0 Å². The first-order chi connectivity index (χ1) is 10.0. The Morgan fingerprint density at radius 3 is 2.52 bits per heavy atom. The van der Waals surface area contributed by atoms with E-state index in [4.69, 9.17) is 27.9 Å². The number of hydrogen-bond donors (Lipinski definition) is 1. The molecule has 0 spiro atoms. The maximum Gasteiger partial charge on any atom is 0.0640 e. The van der Waals surface area contributed by atoms with E-state index in [1.54, 1.807) is 7.11 Å². The predicted molar refractivity (Wildman–Crippen MR) is 91.5 cm³/mol. The molecule has 0 saturated heterocycles. The maximum atomic E-state index is 6.32. The van der Waals surface area contributed by atoms with E-state index < -0.39 is 0 Å². The first-order valence-electron chi connectivity index (χ1n) is 7.35. The van der Waals surface area contributed by atoms with Gasteiger partial charge in [0, 0.05) is 32.3 Å². The molecule has 1 atom stereocenters. The van der Waals surface area contributed by atoms with Gasteiger partial charge < -0.3 is 10.1 Å². The predicted octanol–water partition coefficient (Wildman–Crippen LogP) is 4.00. The fraction of sp³-hybridized carbons (Fsp3) is 0.625. The summed E-state index contributed by atoms with van der Waals surface area (Å²) in [4.78, 5) is 2.41. The van der Waals surface area contributed by atoms with E-state index in [2.05, 4.69) is 24.1 Å². The molecular weight excluding hydrogens is 307 g/mol. The monoisotopic (exact) mass is 332 g/mol. The molecule has 0 aliphatic rings. The average molecular weight is 333 g/mol. The van der Waals surface area contributed by atoms with E-state index >= 15 is 0 Å². The number of halogens is 2. The van der Waals surface area contributed by atoms with Gasteiger partial charge in [0.1, 0.15) is 0 Å². The van der Waals surface area contributed by atoms with Crippen molar-refractivity contribution >= 4 is 23.2 Å². The lowest BCUT2D eigenvalue weighted by Crippen LogP contribution is -2.36. The lowest BCUT2D eigenvalue weighted by atomic mass is 10.0. The Hall–Kier alpha value is -0.320. The highest BCUT2D eigenvalue weighted by Crippen LogP contribution is 2.31. The molecule has 3 nitrogen and oxygen atoms in total. The van der Waals surface area contributed by atoms with E-state index in [0.717, 1.165) is 31.7 Å². The van der Waals surface area contributed by atoms with Crippen LogP contribution < -0.4 is 5.32 Å². The van der Waals surface area contributed by atoms with Crippen molar-refractivity contribution in [2.45, 2.75) is 32.4 Å². The van der Waals surface area contributed by atoms with Crippen LogP contribution >= 0.6 is 23.2 Å². The summed E-state index contributed by atoms with van der Waals surface area (Å²) in [7, 11) is 3.69. The number of nitrogens with zero attached hydrogens (tertiary/aromatic N) is 1. The first kappa shape index (κ1) is 18.7. The SMILES string of the molecule is CNC(CCN(CCOC)C(C)C)c1cccc(Cl)c1Cl. The van der Waals surface area contributed by atoms with E-state index in [1.807, 2.05) is 25.2 Å². The largest absolute Gasteiger partial charge is 0.383 e. The summed E-state index contributed by atoms with van der Waals surface area (Å²) < 4.78 is 5.18. The summed E-state index contributed by atoms with van der Waals surface area (Å²) in [5, 5.41) is 4.59. The molecule has 0 aliphatic heterocycles. The fourth-order valence-corrected chi connectivity index (χ4v) is 2.82. The Labute approximate surface area is 138 Å². The summed E-state index contributed by atoms with van der Waals surface area (Å²) in [6.07, 6.45) is 0.971. The van der Waals surface area contributed by atoms with Crippen molar-refractivity contribution in [2.24, 2.45) is 0 Å². The van der Waals surface area contributed by atoms with Crippen molar-refractivity contribution in [3.63, 3.8) is 0 Å². The fourth-order valence-electron chi connectivity index (χ4n) is 2.38. The van der Waals surface area contributed by atoms with Crippen molar-refractivity contribution in [3.8, 4) is 0 Å². The first-order valence-corrected chi connectivity index (χ1v) is 8.11. The van der Waals surface area contributed by atoms with Gasteiger partial charge in [-0.05, 0) is 38.9 Å². The Morgan fingerprint density at radius 1 is 1.24 bits per heavy atom. The van der Waals surface area contributed by atoms with Gasteiger partial charge in [0.25, 0.3) is 0 Å². The molecule has 120 valence electrons. The number of ether oxygens (including phenoxy) is 1. The van der Waals surface area contributed by atoms with Gasteiger partial charge in [-0.1, -0.05) is 35.3 Å². The van der Waals surface area contributed by atoms with Crippen LogP contribution in [0.3, 0.4) is 0 Å². The van der Waals surface area contributed by atoms with Crippen LogP contribution in [0.1, 0.15) is 31.9 Å². The highest BCUT2D eigenvalue weighted by atomic mass is 35.5. The second-order valence-corrected chi connectivity index (χ2v) is 6.18. The molecule has 1 rings (SSSR count). The van der Waals surface area contributed by atoms with Crippen molar-refractivity contribution in [2.75, 3.05) is 33.9 Å². The number of rotatable bonds is 9. The Kier molecular flexibility index (Phi) is 8.60. The van der Waals surface area contributed by atoms with Crippen LogP contribution in [0.4, 0.5) is 0 Å². The van der Waals surface area contributed by atoms with E-state index in [9.17, 15) is 0 Å². The second-order valence-electron chi connectivity index (χ2n) is 5.40. The Bertz CT molecular complexity index is 427. The lowest BCUT2D eigenvalue weighted by Gasteiger charge is -2.28. The Balaban J connectivity index is 2.71. The second kappa shape index (κ2) is 9.65. The van der Waals surface area contributed by atoms with Crippen LogP contribution in [0.2, 0.25) is 10.0 Å². The minimum atomic E-state index is 0.194. The zero-order chi connectivity index (χ0) is 15.8. The molecule has 0 bridgehead atoms. The van der Waals surface area contributed by atoms with Gasteiger partial charge in [0.05, 0.1) is 16.7 Å². The van der Waals surface area contributed by atoms with Crippen LogP contribution in [-0.4, -0.2) is 44.8 Å². The summed E-state index contributed by atoms with van der Waals surface area (Å²) in [5.41, 5.74) is 1.06. The molecule has 0 radical (unpaired) electrons. The van der Waals surface area contributed by atoms with Crippen LogP contribution in [0.25, 0.3) is 0 Å². The third-order valence-corrected chi connectivity index (χ3v) is 4.56. The van der Waals surface area contributed by atoms with Gasteiger partial charge in [-0.2, -0.15) is 0 Å². The molecule has 0 saturated carbocycles. The zero-order valence-corrected chi connectivity index (χ0v) is 14.8. The highest BCUT2D eigenvalue weighted by molar-refractivity contribution is 6.42.